The lowest BCUT2D eigenvalue weighted by molar-refractivity contribution is 0.277. The van der Waals surface area contributed by atoms with Crippen molar-refractivity contribution in [2.75, 3.05) is 30.0 Å². The molecule has 0 spiro atoms. The Labute approximate surface area is 92.8 Å². The highest BCUT2D eigenvalue weighted by atomic mass is 32.2. The average Bonchev–Trinajstić information content (AvgIpc) is 2.42. The van der Waals surface area contributed by atoms with Gasteiger partial charge in [-0.3, -0.25) is 0 Å². The topological polar surface area (TPSA) is 42.1 Å². The van der Waals surface area contributed by atoms with Gasteiger partial charge in [0.1, 0.15) is 5.00 Å². The highest BCUT2D eigenvalue weighted by Crippen LogP contribution is 2.43. The van der Waals surface area contributed by atoms with E-state index in [1.807, 2.05) is 0 Å². The van der Waals surface area contributed by atoms with Crippen LogP contribution in [0, 0.1) is 5.41 Å². The predicted octanol–water partition coefficient (Wildman–Crippen LogP) is 2.29. The van der Waals surface area contributed by atoms with Gasteiger partial charge in [0, 0.05) is 13.1 Å². The smallest absolute Gasteiger partial charge is 0.153 e. The monoisotopic (exact) mass is 229 g/mol. The van der Waals surface area contributed by atoms with E-state index in [0.29, 0.717) is 11.2 Å². The van der Waals surface area contributed by atoms with Gasteiger partial charge in [-0.25, -0.2) is 0 Å². The molecule has 0 aliphatic carbocycles. The highest BCUT2D eigenvalue weighted by molar-refractivity contribution is 7.99. The first-order valence-electron chi connectivity index (χ1n) is 4.57. The Hall–Kier alpha value is -0.420. The van der Waals surface area contributed by atoms with Crippen LogP contribution in [0.25, 0.3) is 0 Å². The minimum atomic E-state index is 0.453. The fourth-order valence-electron chi connectivity index (χ4n) is 1.81. The summed E-state index contributed by atoms with van der Waals surface area (Å²) in [5.74, 6) is 0.683. The van der Waals surface area contributed by atoms with Gasteiger partial charge in [-0.05, 0) is 23.2 Å². The number of nitrogens with zero attached hydrogens (tertiary/aromatic N) is 2. The summed E-state index contributed by atoms with van der Waals surface area (Å²) in [6.45, 7) is 6.80. The lowest BCUT2D eigenvalue weighted by atomic mass is 9.85. The molecule has 2 rings (SSSR count). The first kappa shape index (κ1) is 10.1. The number of hydrogen-bond acceptors (Lipinski definition) is 5. The molecular weight excluding hydrogens is 214 g/mol. The van der Waals surface area contributed by atoms with Gasteiger partial charge in [0.2, 0.25) is 0 Å². The molecule has 1 fully saturated rings. The first-order chi connectivity index (χ1) is 6.53. The van der Waals surface area contributed by atoms with Crippen LogP contribution in [-0.2, 0) is 0 Å². The second kappa shape index (κ2) is 3.31. The summed E-state index contributed by atoms with van der Waals surface area (Å²) in [7, 11) is 0. The van der Waals surface area contributed by atoms with E-state index in [9.17, 15) is 0 Å². The predicted molar refractivity (Wildman–Crippen MR) is 64.3 cm³/mol. The van der Waals surface area contributed by atoms with E-state index in [1.165, 1.54) is 16.5 Å². The number of anilines is 2. The molecule has 5 heteroatoms. The quantitative estimate of drug-likeness (QED) is 0.790. The molecule has 1 aliphatic heterocycles. The van der Waals surface area contributed by atoms with E-state index < -0.39 is 0 Å². The zero-order valence-corrected chi connectivity index (χ0v) is 10.3. The van der Waals surface area contributed by atoms with Gasteiger partial charge in [-0.2, -0.15) is 4.37 Å². The Morgan fingerprint density at radius 1 is 1.50 bits per heavy atom. The van der Waals surface area contributed by atoms with Crippen LogP contribution in [0.15, 0.2) is 4.90 Å². The molecule has 0 saturated carbocycles. The lowest BCUT2D eigenvalue weighted by Gasteiger charge is -2.46. The van der Waals surface area contributed by atoms with Crippen molar-refractivity contribution in [3.63, 3.8) is 0 Å². The molecule has 0 unspecified atom stereocenters. The summed E-state index contributed by atoms with van der Waals surface area (Å²) in [6.07, 6.45) is 2.05. The molecule has 0 atom stereocenters. The van der Waals surface area contributed by atoms with Crippen molar-refractivity contribution in [3.8, 4) is 0 Å². The molecule has 0 bridgehead atoms. The minimum Gasteiger partial charge on any atom is -0.382 e. The van der Waals surface area contributed by atoms with Crippen LogP contribution in [0.5, 0.6) is 0 Å². The Balaban J connectivity index is 2.18. The van der Waals surface area contributed by atoms with Crippen molar-refractivity contribution >= 4 is 34.1 Å². The fourth-order valence-corrected chi connectivity index (χ4v) is 3.49. The molecule has 2 heterocycles. The van der Waals surface area contributed by atoms with Crippen molar-refractivity contribution in [2.24, 2.45) is 5.41 Å². The third kappa shape index (κ3) is 1.59. The lowest BCUT2D eigenvalue weighted by Crippen LogP contribution is -2.52. The molecular formula is C9H15N3S2. The molecule has 1 aromatic heterocycles. The van der Waals surface area contributed by atoms with Gasteiger partial charge in [-0.15, -0.1) is 11.8 Å². The SMILES string of the molecule is CSc1c(N)nsc1N1CC(C)(C)C1. The molecule has 1 aliphatic rings. The maximum atomic E-state index is 5.79. The third-order valence-electron chi connectivity index (χ3n) is 2.39. The normalized spacial score (nSPS) is 19.5. The van der Waals surface area contributed by atoms with Crippen LogP contribution >= 0.6 is 23.3 Å². The van der Waals surface area contributed by atoms with E-state index in [2.05, 4.69) is 29.4 Å². The molecule has 3 nitrogen and oxygen atoms in total. The third-order valence-corrected chi connectivity index (χ3v) is 4.25. The molecule has 14 heavy (non-hydrogen) atoms. The molecule has 78 valence electrons. The minimum absolute atomic E-state index is 0.453. The summed E-state index contributed by atoms with van der Waals surface area (Å²) < 4.78 is 4.20. The van der Waals surface area contributed by atoms with E-state index in [4.69, 9.17) is 5.73 Å². The van der Waals surface area contributed by atoms with Gasteiger partial charge in [0.15, 0.2) is 5.82 Å². The molecule has 0 radical (unpaired) electrons. The van der Waals surface area contributed by atoms with Gasteiger partial charge in [0.25, 0.3) is 0 Å². The largest absolute Gasteiger partial charge is 0.382 e. The maximum absolute atomic E-state index is 5.79. The van der Waals surface area contributed by atoms with E-state index in [-0.39, 0.29) is 0 Å². The second-order valence-electron chi connectivity index (χ2n) is 4.43. The number of rotatable bonds is 2. The van der Waals surface area contributed by atoms with Crippen molar-refractivity contribution in [2.45, 2.75) is 18.7 Å². The second-order valence-corrected chi connectivity index (χ2v) is 5.99. The zero-order chi connectivity index (χ0) is 10.3. The van der Waals surface area contributed by atoms with Crippen LogP contribution in [0.2, 0.25) is 0 Å². The Bertz CT molecular complexity index is 338. The van der Waals surface area contributed by atoms with Crippen LogP contribution in [-0.4, -0.2) is 23.7 Å². The van der Waals surface area contributed by atoms with Crippen molar-refractivity contribution in [1.29, 1.82) is 0 Å². The van der Waals surface area contributed by atoms with Gasteiger partial charge >= 0.3 is 0 Å². The summed E-state index contributed by atoms with van der Waals surface area (Å²) in [4.78, 5) is 3.50. The molecule has 1 aromatic rings. The summed E-state index contributed by atoms with van der Waals surface area (Å²) in [5.41, 5.74) is 6.24. The maximum Gasteiger partial charge on any atom is 0.153 e. The van der Waals surface area contributed by atoms with Crippen LogP contribution in [0.4, 0.5) is 10.8 Å². The van der Waals surface area contributed by atoms with E-state index in [0.717, 1.165) is 18.0 Å². The Morgan fingerprint density at radius 2 is 2.14 bits per heavy atom. The summed E-state index contributed by atoms with van der Waals surface area (Å²) in [6, 6.07) is 0. The molecule has 0 aromatic carbocycles. The first-order valence-corrected chi connectivity index (χ1v) is 6.57. The van der Waals surface area contributed by atoms with Crippen molar-refractivity contribution in [3.05, 3.63) is 0 Å². The number of aromatic nitrogens is 1. The van der Waals surface area contributed by atoms with Gasteiger partial charge in [-0.1, -0.05) is 13.8 Å². The molecule has 1 saturated heterocycles. The highest BCUT2D eigenvalue weighted by Gasteiger charge is 2.36. The molecule has 2 N–H and O–H groups in total. The van der Waals surface area contributed by atoms with Crippen LogP contribution < -0.4 is 10.6 Å². The van der Waals surface area contributed by atoms with E-state index in [1.54, 1.807) is 11.8 Å². The van der Waals surface area contributed by atoms with Gasteiger partial charge < -0.3 is 10.6 Å². The number of nitrogens with two attached hydrogens (primary N) is 1. The van der Waals surface area contributed by atoms with E-state index >= 15 is 0 Å². The zero-order valence-electron chi connectivity index (χ0n) is 8.70. The average molecular weight is 229 g/mol. The summed E-state index contributed by atoms with van der Waals surface area (Å²) in [5, 5.41) is 1.24. The van der Waals surface area contributed by atoms with Crippen molar-refractivity contribution in [1.82, 2.24) is 4.37 Å². The standard InChI is InChI=1S/C9H15N3S2/c1-9(2)4-12(5-9)8-6(13-3)7(10)11-14-8/h4-5H2,1-3H3,(H2,10,11). The van der Waals surface area contributed by atoms with Crippen molar-refractivity contribution < 1.29 is 0 Å². The number of nitrogen functional groups attached to an aromatic ring is 1. The summed E-state index contributed by atoms with van der Waals surface area (Å²) >= 11 is 3.20. The Kier molecular flexibility index (Phi) is 2.39. The fraction of sp³-hybridized carbons (Fsp3) is 0.667. The Morgan fingerprint density at radius 3 is 2.64 bits per heavy atom. The number of hydrogen-bond donors (Lipinski definition) is 1. The molecule has 0 amide bonds. The number of thioether (sulfide) groups is 1. The van der Waals surface area contributed by atoms with Gasteiger partial charge in [0.05, 0.1) is 4.90 Å². The van der Waals surface area contributed by atoms with Crippen LogP contribution in [0.3, 0.4) is 0 Å². The van der Waals surface area contributed by atoms with Crippen LogP contribution in [0.1, 0.15) is 13.8 Å².